The van der Waals surface area contributed by atoms with Gasteiger partial charge in [-0.3, -0.25) is 4.79 Å². The topological polar surface area (TPSA) is 64.8 Å². The van der Waals surface area contributed by atoms with E-state index in [9.17, 15) is 4.79 Å². The highest BCUT2D eigenvalue weighted by molar-refractivity contribution is 5.76. The van der Waals surface area contributed by atoms with Crippen LogP contribution in [0.1, 0.15) is 24.8 Å². The summed E-state index contributed by atoms with van der Waals surface area (Å²) in [5.74, 6) is 2.81. The summed E-state index contributed by atoms with van der Waals surface area (Å²) in [5, 5.41) is 0. The molecule has 6 nitrogen and oxygen atoms in total. The van der Waals surface area contributed by atoms with E-state index < -0.39 is 0 Å². The summed E-state index contributed by atoms with van der Waals surface area (Å²) in [5.41, 5.74) is 2.18. The Bertz CT molecular complexity index is 996. The highest BCUT2D eigenvalue weighted by atomic mass is 16.6. The number of hydrogen-bond donors (Lipinski definition) is 0. The number of carbonyl (C=O) groups is 1. The summed E-state index contributed by atoms with van der Waals surface area (Å²) < 4.78 is 17.6. The third-order valence-corrected chi connectivity index (χ3v) is 5.17. The number of carbonyl (C=O) groups excluding carboxylic acids is 1. The summed E-state index contributed by atoms with van der Waals surface area (Å²) in [7, 11) is 0. The first-order valence-corrected chi connectivity index (χ1v) is 10.3. The molecule has 1 atom stereocenters. The number of rotatable bonds is 7. The Morgan fingerprint density at radius 3 is 2.67 bits per heavy atom. The maximum Gasteiger partial charge on any atom is 0.223 e. The summed E-state index contributed by atoms with van der Waals surface area (Å²) in [6.45, 7) is 5.55. The van der Waals surface area contributed by atoms with Gasteiger partial charge in [-0.1, -0.05) is 42.0 Å². The summed E-state index contributed by atoms with van der Waals surface area (Å²) in [6, 6.07) is 15.7. The van der Waals surface area contributed by atoms with Crippen LogP contribution in [0.15, 0.2) is 59.1 Å². The highest BCUT2D eigenvalue weighted by Crippen LogP contribution is 2.31. The van der Waals surface area contributed by atoms with Crippen molar-refractivity contribution in [1.82, 2.24) is 9.88 Å². The van der Waals surface area contributed by atoms with E-state index in [0.29, 0.717) is 38.4 Å². The van der Waals surface area contributed by atoms with Gasteiger partial charge < -0.3 is 18.8 Å². The van der Waals surface area contributed by atoms with Gasteiger partial charge in [0.15, 0.2) is 29.3 Å². The second kappa shape index (κ2) is 9.03. The molecule has 0 radical (unpaired) electrons. The number of amides is 1. The average Bonchev–Trinajstić information content (AvgIpc) is 3.25. The van der Waals surface area contributed by atoms with Crippen LogP contribution < -0.4 is 9.47 Å². The normalized spacial score (nSPS) is 15.1. The highest BCUT2D eigenvalue weighted by Gasteiger charge is 2.25. The van der Waals surface area contributed by atoms with E-state index in [1.807, 2.05) is 62.4 Å². The van der Waals surface area contributed by atoms with Gasteiger partial charge in [-0.05, 0) is 26.0 Å². The smallest absolute Gasteiger partial charge is 0.223 e. The minimum absolute atomic E-state index is 0.0510. The summed E-state index contributed by atoms with van der Waals surface area (Å²) in [4.78, 5) is 18.9. The van der Waals surface area contributed by atoms with E-state index in [1.165, 1.54) is 5.56 Å². The number of benzene rings is 2. The summed E-state index contributed by atoms with van der Waals surface area (Å²) >= 11 is 0. The van der Waals surface area contributed by atoms with Crippen molar-refractivity contribution < 1.29 is 18.7 Å². The molecule has 0 N–H and O–H groups in total. The van der Waals surface area contributed by atoms with Gasteiger partial charge in [0.05, 0.1) is 12.7 Å². The van der Waals surface area contributed by atoms with E-state index >= 15 is 0 Å². The van der Waals surface area contributed by atoms with Crippen LogP contribution in [0, 0.1) is 6.92 Å². The Morgan fingerprint density at radius 1 is 1.13 bits per heavy atom. The Labute approximate surface area is 176 Å². The quantitative estimate of drug-likeness (QED) is 0.586. The number of nitrogens with zero attached hydrogens (tertiary/aromatic N) is 2. The second-order valence-electron chi connectivity index (χ2n) is 7.41. The van der Waals surface area contributed by atoms with Gasteiger partial charge >= 0.3 is 0 Å². The molecule has 1 aromatic heterocycles. The molecule has 6 heteroatoms. The van der Waals surface area contributed by atoms with Crippen molar-refractivity contribution in [2.24, 2.45) is 0 Å². The van der Waals surface area contributed by atoms with Crippen LogP contribution in [0.2, 0.25) is 0 Å². The van der Waals surface area contributed by atoms with Crippen LogP contribution in [0.5, 0.6) is 11.5 Å². The molecular formula is C24H26N2O4. The standard InChI is InChI=1S/C24H26N2O4/c1-3-26(15-19-16-28-20-6-4-5-7-21(20)29-19)24(27)13-12-23-25-14-22(30-23)18-10-8-17(2)9-11-18/h4-11,14,19H,3,12-13,15-16H2,1-2H3. The first kappa shape index (κ1) is 20.0. The molecule has 3 aromatic rings. The van der Waals surface area contributed by atoms with Crippen LogP contribution in [0.25, 0.3) is 11.3 Å². The Balaban J connectivity index is 1.31. The van der Waals surface area contributed by atoms with Crippen LogP contribution in [0.4, 0.5) is 0 Å². The lowest BCUT2D eigenvalue weighted by Crippen LogP contribution is -2.43. The third kappa shape index (κ3) is 4.64. The molecule has 0 saturated carbocycles. The number of oxazole rings is 1. The second-order valence-corrected chi connectivity index (χ2v) is 7.41. The van der Waals surface area contributed by atoms with Gasteiger partial charge in [0.25, 0.3) is 0 Å². The number of ether oxygens (including phenoxy) is 2. The number of hydrogen-bond acceptors (Lipinski definition) is 5. The minimum atomic E-state index is -0.182. The van der Waals surface area contributed by atoms with Gasteiger partial charge in [-0.25, -0.2) is 4.98 Å². The predicted molar refractivity (Wildman–Crippen MR) is 114 cm³/mol. The lowest BCUT2D eigenvalue weighted by atomic mass is 10.1. The largest absolute Gasteiger partial charge is 0.486 e. The van der Waals surface area contributed by atoms with E-state index in [4.69, 9.17) is 13.9 Å². The average molecular weight is 406 g/mol. The van der Waals surface area contributed by atoms with Crippen LogP contribution in [0.3, 0.4) is 0 Å². The van der Waals surface area contributed by atoms with Gasteiger partial charge in [-0.15, -0.1) is 0 Å². The molecule has 1 aliphatic rings. The fourth-order valence-electron chi connectivity index (χ4n) is 3.46. The Morgan fingerprint density at radius 2 is 1.90 bits per heavy atom. The van der Waals surface area contributed by atoms with Crippen molar-refractivity contribution >= 4 is 5.91 Å². The van der Waals surface area contributed by atoms with Gasteiger partial charge in [-0.2, -0.15) is 0 Å². The van der Waals surface area contributed by atoms with Crippen LogP contribution in [-0.4, -0.2) is 41.6 Å². The zero-order valence-corrected chi connectivity index (χ0v) is 17.3. The SMILES string of the molecule is CCN(CC1COc2ccccc2O1)C(=O)CCc1ncc(-c2ccc(C)cc2)o1. The lowest BCUT2D eigenvalue weighted by Gasteiger charge is -2.30. The number of aryl methyl sites for hydroxylation is 2. The maximum absolute atomic E-state index is 12.7. The predicted octanol–water partition coefficient (Wildman–Crippen LogP) is 4.27. The van der Waals surface area contributed by atoms with Crippen molar-refractivity contribution in [3.05, 3.63) is 66.2 Å². The molecule has 0 saturated heterocycles. The van der Waals surface area contributed by atoms with Crippen molar-refractivity contribution in [1.29, 1.82) is 0 Å². The lowest BCUT2D eigenvalue weighted by molar-refractivity contribution is -0.132. The number of likely N-dealkylation sites (N-methyl/N-ethyl adjacent to an activating group) is 1. The molecule has 1 unspecified atom stereocenters. The van der Waals surface area contributed by atoms with Gasteiger partial charge in [0.2, 0.25) is 5.91 Å². The van der Waals surface area contributed by atoms with Gasteiger partial charge in [0.1, 0.15) is 6.61 Å². The first-order chi connectivity index (χ1) is 14.6. The molecule has 0 aliphatic carbocycles. The molecule has 2 heterocycles. The molecular weight excluding hydrogens is 380 g/mol. The molecule has 2 aromatic carbocycles. The molecule has 0 fully saturated rings. The number of para-hydroxylation sites is 2. The zero-order valence-electron chi connectivity index (χ0n) is 17.3. The molecule has 1 amide bonds. The molecule has 4 rings (SSSR count). The van der Waals surface area contributed by atoms with Crippen molar-refractivity contribution in [2.75, 3.05) is 19.7 Å². The van der Waals surface area contributed by atoms with E-state index in [1.54, 1.807) is 11.1 Å². The number of fused-ring (bicyclic) bond motifs is 1. The molecule has 156 valence electrons. The molecule has 1 aliphatic heterocycles. The third-order valence-electron chi connectivity index (χ3n) is 5.17. The van der Waals surface area contributed by atoms with Crippen LogP contribution in [-0.2, 0) is 11.2 Å². The Kier molecular flexibility index (Phi) is 6.02. The summed E-state index contributed by atoms with van der Waals surface area (Å²) in [6.07, 6.45) is 2.34. The fraction of sp³-hybridized carbons (Fsp3) is 0.333. The van der Waals surface area contributed by atoms with Gasteiger partial charge in [0, 0.05) is 24.9 Å². The monoisotopic (exact) mass is 406 g/mol. The fourth-order valence-corrected chi connectivity index (χ4v) is 3.46. The molecule has 0 bridgehead atoms. The first-order valence-electron chi connectivity index (χ1n) is 10.3. The van der Waals surface area contributed by atoms with E-state index in [0.717, 1.165) is 22.8 Å². The molecule has 30 heavy (non-hydrogen) atoms. The van der Waals surface area contributed by atoms with E-state index in [2.05, 4.69) is 4.98 Å². The number of aromatic nitrogens is 1. The maximum atomic E-state index is 12.7. The van der Waals surface area contributed by atoms with Crippen molar-refractivity contribution in [2.45, 2.75) is 32.8 Å². The Hall–Kier alpha value is -3.28. The minimum Gasteiger partial charge on any atom is -0.486 e. The van der Waals surface area contributed by atoms with Crippen molar-refractivity contribution in [3.8, 4) is 22.8 Å². The van der Waals surface area contributed by atoms with Crippen molar-refractivity contribution in [3.63, 3.8) is 0 Å². The molecule has 0 spiro atoms. The van der Waals surface area contributed by atoms with Crippen LogP contribution >= 0.6 is 0 Å². The zero-order chi connectivity index (χ0) is 20.9. The van der Waals surface area contributed by atoms with E-state index in [-0.39, 0.29) is 12.0 Å².